The first kappa shape index (κ1) is 16.1. The van der Waals surface area contributed by atoms with Crippen LogP contribution < -0.4 is 0 Å². The minimum atomic E-state index is -1.07. The van der Waals surface area contributed by atoms with Crippen LogP contribution in [-0.4, -0.2) is 23.5 Å². The van der Waals surface area contributed by atoms with Gasteiger partial charge in [0.15, 0.2) is 0 Å². The lowest BCUT2D eigenvalue weighted by atomic mass is 9.97. The molecule has 0 aromatic carbocycles. The predicted molar refractivity (Wildman–Crippen MR) is 73.8 cm³/mol. The second kappa shape index (κ2) is 7.03. The van der Waals surface area contributed by atoms with Gasteiger partial charge in [-0.2, -0.15) is 0 Å². The van der Waals surface area contributed by atoms with Gasteiger partial charge in [0.2, 0.25) is 6.10 Å². The second-order valence-corrected chi connectivity index (χ2v) is 5.49. The molecule has 0 aliphatic carbocycles. The summed E-state index contributed by atoms with van der Waals surface area (Å²) >= 11 is 0. The van der Waals surface area contributed by atoms with Crippen LogP contribution >= 0.6 is 0 Å². The van der Waals surface area contributed by atoms with Crippen LogP contribution in [0, 0.1) is 5.41 Å². The highest BCUT2D eigenvalue weighted by Crippen LogP contribution is 2.24. The van der Waals surface area contributed by atoms with Crippen molar-refractivity contribution in [3.63, 3.8) is 0 Å². The van der Waals surface area contributed by atoms with Gasteiger partial charge in [0.05, 0.1) is 12.0 Å². The molecule has 1 rings (SSSR count). The molecule has 20 heavy (non-hydrogen) atoms. The Morgan fingerprint density at radius 3 is 2.55 bits per heavy atom. The minimum absolute atomic E-state index is 0.294. The van der Waals surface area contributed by atoms with Gasteiger partial charge in [0.1, 0.15) is 0 Å². The number of rotatable bonds is 5. The molecule has 1 unspecified atom stereocenters. The van der Waals surface area contributed by atoms with E-state index in [4.69, 9.17) is 9.47 Å². The molecule has 0 fully saturated rings. The maximum Gasteiger partial charge on any atom is 0.352 e. The molecular weight excluding hydrogens is 258 g/mol. The first-order chi connectivity index (χ1) is 9.36. The molecule has 0 radical (unpaired) electrons. The van der Waals surface area contributed by atoms with Gasteiger partial charge in [-0.3, -0.25) is 9.78 Å². The fraction of sp³-hybridized carbons (Fsp3) is 0.533. The lowest BCUT2D eigenvalue weighted by Gasteiger charge is -2.22. The summed E-state index contributed by atoms with van der Waals surface area (Å²) in [5.41, 5.74) is -0.183. The third kappa shape index (κ3) is 4.64. The number of aromatic nitrogens is 1. The van der Waals surface area contributed by atoms with E-state index in [1.807, 2.05) is 6.92 Å². The van der Waals surface area contributed by atoms with Gasteiger partial charge in [0, 0.05) is 18.0 Å². The zero-order valence-electron chi connectivity index (χ0n) is 12.4. The van der Waals surface area contributed by atoms with Crippen LogP contribution in [0.4, 0.5) is 0 Å². The van der Waals surface area contributed by atoms with E-state index >= 15 is 0 Å². The third-order valence-electron chi connectivity index (χ3n) is 2.49. The quantitative estimate of drug-likeness (QED) is 0.775. The Balaban J connectivity index is 2.91. The minimum Gasteiger partial charge on any atom is -0.463 e. The number of ether oxygens (including phenoxy) is 2. The maximum absolute atomic E-state index is 12.0. The van der Waals surface area contributed by atoms with Crippen LogP contribution in [0.1, 0.15) is 45.8 Å². The normalized spacial score (nSPS) is 12.6. The summed E-state index contributed by atoms with van der Waals surface area (Å²) < 4.78 is 10.4. The smallest absolute Gasteiger partial charge is 0.352 e. The van der Waals surface area contributed by atoms with E-state index in [0.29, 0.717) is 18.6 Å². The fourth-order valence-electron chi connectivity index (χ4n) is 1.35. The van der Waals surface area contributed by atoms with Crippen molar-refractivity contribution >= 4 is 11.9 Å². The lowest BCUT2D eigenvalue weighted by molar-refractivity contribution is -0.173. The molecule has 1 atom stereocenters. The highest BCUT2D eigenvalue weighted by molar-refractivity contribution is 5.82. The average molecular weight is 279 g/mol. The standard InChI is InChI=1S/C15H21NO4/c1-5-9-19-13(17)12(11-7-6-8-16-10-11)20-14(18)15(2,3)4/h6-8,10,12H,5,9H2,1-4H3. The first-order valence-corrected chi connectivity index (χ1v) is 6.64. The topological polar surface area (TPSA) is 65.5 Å². The Morgan fingerprint density at radius 1 is 1.35 bits per heavy atom. The van der Waals surface area contributed by atoms with Crippen molar-refractivity contribution in [3.05, 3.63) is 30.1 Å². The van der Waals surface area contributed by atoms with Gasteiger partial charge in [0.25, 0.3) is 0 Å². The number of carbonyl (C=O) groups excluding carboxylic acids is 2. The predicted octanol–water partition coefficient (Wildman–Crippen LogP) is 2.67. The number of hydrogen-bond donors (Lipinski definition) is 0. The largest absolute Gasteiger partial charge is 0.463 e. The van der Waals surface area contributed by atoms with Crippen LogP contribution in [0.2, 0.25) is 0 Å². The van der Waals surface area contributed by atoms with Crippen molar-refractivity contribution in [1.29, 1.82) is 0 Å². The molecule has 0 amide bonds. The Bertz CT molecular complexity index is 451. The van der Waals surface area contributed by atoms with Crippen molar-refractivity contribution in [2.75, 3.05) is 6.61 Å². The maximum atomic E-state index is 12.0. The highest BCUT2D eigenvalue weighted by atomic mass is 16.6. The summed E-state index contributed by atoms with van der Waals surface area (Å²) in [6.07, 6.45) is 2.72. The molecule has 1 aromatic rings. The summed E-state index contributed by atoms with van der Waals surface area (Å²) in [7, 11) is 0. The van der Waals surface area contributed by atoms with Gasteiger partial charge < -0.3 is 9.47 Å². The molecule has 0 aliphatic heterocycles. The van der Waals surface area contributed by atoms with Crippen LogP contribution in [0.3, 0.4) is 0 Å². The third-order valence-corrected chi connectivity index (χ3v) is 2.49. The Hall–Kier alpha value is -1.91. The molecule has 5 nitrogen and oxygen atoms in total. The SMILES string of the molecule is CCCOC(=O)C(OC(=O)C(C)(C)C)c1cccnc1. The Morgan fingerprint density at radius 2 is 2.05 bits per heavy atom. The van der Waals surface area contributed by atoms with Crippen LogP contribution in [0.5, 0.6) is 0 Å². The summed E-state index contributed by atoms with van der Waals surface area (Å²) in [5.74, 6) is -1.03. The van der Waals surface area contributed by atoms with E-state index < -0.39 is 23.5 Å². The molecule has 0 N–H and O–H groups in total. The average Bonchev–Trinajstić information content (AvgIpc) is 2.41. The lowest BCUT2D eigenvalue weighted by Crippen LogP contribution is -2.29. The van der Waals surface area contributed by atoms with E-state index in [-0.39, 0.29) is 0 Å². The van der Waals surface area contributed by atoms with E-state index in [1.54, 1.807) is 39.1 Å². The van der Waals surface area contributed by atoms with Crippen molar-refractivity contribution in [2.24, 2.45) is 5.41 Å². The highest BCUT2D eigenvalue weighted by Gasteiger charge is 2.32. The van der Waals surface area contributed by atoms with E-state index in [1.165, 1.54) is 6.20 Å². The van der Waals surface area contributed by atoms with Gasteiger partial charge in [-0.05, 0) is 33.3 Å². The fourth-order valence-corrected chi connectivity index (χ4v) is 1.35. The van der Waals surface area contributed by atoms with Gasteiger partial charge in [-0.25, -0.2) is 4.79 Å². The molecule has 1 aromatic heterocycles. The number of carbonyl (C=O) groups is 2. The molecule has 1 heterocycles. The van der Waals surface area contributed by atoms with E-state index in [0.717, 1.165) is 0 Å². The molecule has 0 bridgehead atoms. The van der Waals surface area contributed by atoms with Crippen LogP contribution in [0.25, 0.3) is 0 Å². The Labute approximate surface area is 119 Å². The summed E-state index contributed by atoms with van der Waals surface area (Å²) in [5, 5.41) is 0. The van der Waals surface area contributed by atoms with Crippen molar-refractivity contribution < 1.29 is 19.1 Å². The zero-order valence-corrected chi connectivity index (χ0v) is 12.4. The number of pyridine rings is 1. The van der Waals surface area contributed by atoms with Gasteiger partial charge in [-0.1, -0.05) is 13.0 Å². The van der Waals surface area contributed by atoms with E-state index in [2.05, 4.69) is 4.98 Å². The van der Waals surface area contributed by atoms with Gasteiger partial charge >= 0.3 is 11.9 Å². The summed E-state index contributed by atoms with van der Waals surface area (Å²) in [6.45, 7) is 7.38. The molecular formula is C15H21NO4. The zero-order chi connectivity index (χ0) is 15.2. The monoisotopic (exact) mass is 279 g/mol. The number of esters is 2. The first-order valence-electron chi connectivity index (χ1n) is 6.64. The molecule has 5 heteroatoms. The van der Waals surface area contributed by atoms with Gasteiger partial charge in [-0.15, -0.1) is 0 Å². The molecule has 0 spiro atoms. The second-order valence-electron chi connectivity index (χ2n) is 5.49. The van der Waals surface area contributed by atoms with Crippen molar-refractivity contribution in [2.45, 2.75) is 40.2 Å². The molecule has 0 saturated heterocycles. The molecule has 110 valence electrons. The van der Waals surface area contributed by atoms with E-state index in [9.17, 15) is 9.59 Å². The molecule has 0 aliphatic rings. The Kier molecular flexibility index (Phi) is 5.67. The van der Waals surface area contributed by atoms with Crippen molar-refractivity contribution in [1.82, 2.24) is 4.98 Å². The summed E-state index contributed by atoms with van der Waals surface area (Å²) in [6, 6.07) is 3.36. The summed E-state index contributed by atoms with van der Waals surface area (Å²) in [4.78, 5) is 28.0. The number of nitrogens with zero attached hydrogens (tertiary/aromatic N) is 1. The van der Waals surface area contributed by atoms with Crippen molar-refractivity contribution in [3.8, 4) is 0 Å². The van der Waals surface area contributed by atoms with Crippen LogP contribution in [0.15, 0.2) is 24.5 Å². The molecule has 0 saturated carbocycles. The van der Waals surface area contributed by atoms with Crippen LogP contribution in [-0.2, 0) is 19.1 Å². The number of hydrogen-bond acceptors (Lipinski definition) is 5.